The summed E-state index contributed by atoms with van der Waals surface area (Å²) in [5.74, 6) is -0.290. The Labute approximate surface area is 137 Å². The number of nitrogens with one attached hydrogen (secondary N) is 2. The topological polar surface area (TPSA) is 85.3 Å². The Bertz CT molecular complexity index is 817. The van der Waals surface area contributed by atoms with Crippen LogP contribution in [0, 0.1) is 6.92 Å². The zero-order valence-electron chi connectivity index (χ0n) is 12.8. The van der Waals surface area contributed by atoms with Crippen LogP contribution in [0.3, 0.4) is 0 Å². The van der Waals surface area contributed by atoms with Crippen LogP contribution in [-0.2, 0) is 16.6 Å². The van der Waals surface area contributed by atoms with Gasteiger partial charge in [0.15, 0.2) is 0 Å². The number of aryl methyl sites for hydroxylation is 2. The molecule has 1 aromatic carbocycles. The average Bonchev–Trinajstić information content (AvgIpc) is 2.78. The lowest BCUT2D eigenvalue weighted by molar-refractivity contribution is -0.143. The minimum Gasteiger partial charge on any atom is -0.466 e. The highest BCUT2D eigenvalue weighted by molar-refractivity contribution is 6.31. The van der Waals surface area contributed by atoms with E-state index in [1.165, 1.54) is 11.6 Å². The Morgan fingerprint density at radius 1 is 1.43 bits per heavy atom. The van der Waals surface area contributed by atoms with Gasteiger partial charge < -0.3 is 15.4 Å². The van der Waals surface area contributed by atoms with Crippen LogP contribution < -0.4 is 15.4 Å². The van der Waals surface area contributed by atoms with Crippen LogP contribution in [0.25, 0.3) is 0 Å². The smallest absolute Gasteiger partial charge is 0.279 e. The summed E-state index contributed by atoms with van der Waals surface area (Å²) in [7, 11) is 1.70. The van der Waals surface area contributed by atoms with Crippen LogP contribution in [0.5, 0.6) is 5.75 Å². The molecule has 1 unspecified atom stereocenters. The lowest BCUT2D eigenvalue weighted by Gasteiger charge is -2.33. The van der Waals surface area contributed by atoms with E-state index >= 15 is 0 Å². The van der Waals surface area contributed by atoms with E-state index in [2.05, 4.69) is 15.7 Å². The minimum atomic E-state index is -1.70. The van der Waals surface area contributed by atoms with Crippen molar-refractivity contribution >= 4 is 34.9 Å². The molecular weight excluding hydrogens is 320 g/mol. The maximum Gasteiger partial charge on any atom is 0.279 e. The molecule has 0 fully saturated rings. The summed E-state index contributed by atoms with van der Waals surface area (Å²) in [5, 5.41) is 9.92. The Kier molecular flexibility index (Phi) is 3.52. The van der Waals surface area contributed by atoms with Crippen LogP contribution >= 0.6 is 11.6 Å². The van der Waals surface area contributed by atoms with Crippen molar-refractivity contribution in [2.75, 3.05) is 10.6 Å². The number of aromatic nitrogens is 2. The molecule has 1 aromatic heterocycles. The van der Waals surface area contributed by atoms with Crippen molar-refractivity contribution in [1.82, 2.24) is 9.78 Å². The lowest BCUT2D eigenvalue weighted by Crippen LogP contribution is -2.56. The summed E-state index contributed by atoms with van der Waals surface area (Å²) in [4.78, 5) is 24.9. The number of anilines is 2. The monoisotopic (exact) mass is 334 g/mol. The van der Waals surface area contributed by atoms with Gasteiger partial charge in [-0.2, -0.15) is 5.10 Å². The highest BCUT2D eigenvalue weighted by Crippen LogP contribution is 2.36. The van der Waals surface area contributed by atoms with Crippen molar-refractivity contribution in [1.29, 1.82) is 0 Å². The standard InChI is InChI=1S/C15H15ClN4O3/c1-8-6-12(20(3)19-8)18-14(22)15(2)13(21)17-10-7-9(16)4-5-11(10)23-15/h4-7H,1-3H3,(H,17,21)(H,18,22). The fourth-order valence-electron chi connectivity index (χ4n) is 2.31. The van der Waals surface area contributed by atoms with Crippen LogP contribution in [0.15, 0.2) is 24.3 Å². The third-order valence-corrected chi connectivity index (χ3v) is 3.85. The SMILES string of the molecule is Cc1cc(NC(=O)C2(C)Oc3ccc(Cl)cc3NC2=O)n(C)n1. The maximum atomic E-state index is 12.6. The van der Waals surface area contributed by atoms with E-state index in [-0.39, 0.29) is 0 Å². The quantitative estimate of drug-likeness (QED) is 0.824. The van der Waals surface area contributed by atoms with Crippen LogP contribution in [0.2, 0.25) is 5.02 Å². The number of ether oxygens (including phenoxy) is 1. The van der Waals surface area contributed by atoms with Crippen molar-refractivity contribution in [3.05, 3.63) is 35.0 Å². The number of carbonyl (C=O) groups is 2. The van der Waals surface area contributed by atoms with Crippen molar-refractivity contribution in [2.24, 2.45) is 7.05 Å². The molecule has 0 saturated heterocycles. The molecule has 2 amide bonds. The van der Waals surface area contributed by atoms with Gasteiger partial charge >= 0.3 is 0 Å². The predicted molar refractivity (Wildman–Crippen MR) is 85.7 cm³/mol. The molecule has 0 aliphatic carbocycles. The number of fused-ring (bicyclic) bond motifs is 1. The Morgan fingerprint density at radius 2 is 2.17 bits per heavy atom. The van der Waals surface area contributed by atoms with E-state index in [4.69, 9.17) is 16.3 Å². The van der Waals surface area contributed by atoms with Crippen LogP contribution in [0.1, 0.15) is 12.6 Å². The molecule has 23 heavy (non-hydrogen) atoms. The number of halogens is 1. The van der Waals surface area contributed by atoms with Gasteiger partial charge in [0.2, 0.25) is 0 Å². The molecule has 0 radical (unpaired) electrons. The molecule has 2 heterocycles. The van der Waals surface area contributed by atoms with Crippen molar-refractivity contribution in [3.8, 4) is 5.75 Å². The van der Waals surface area contributed by atoms with Gasteiger partial charge in [-0.15, -0.1) is 0 Å². The van der Waals surface area contributed by atoms with Gasteiger partial charge in [0.1, 0.15) is 11.6 Å². The van der Waals surface area contributed by atoms with Gasteiger partial charge in [0.05, 0.1) is 11.4 Å². The summed E-state index contributed by atoms with van der Waals surface area (Å²) in [6.07, 6.45) is 0. The number of amides is 2. The lowest BCUT2D eigenvalue weighted by atomic mass is 10.0. The Balaban J connectivity index is 1.89. The molecule has 1 aliphatic heterocycles. The molecule has 7 nitrogen and oxygen atoms in total. The summed E-state index contributed by atoms with van der Waals surface area (Å²) < 4.78 is 7.17. The van der Waals surface area contributed by atoms with E-state index < -0.39 is 17.4 Å². The second-order valence-corrected chi connectivity index (χ2v) is 5.92. The molecule has 8 heteroatoms. The first kappa shape index (κ1) is 15.4. The number of hydrogen-bond acceptors (Lipinski definition) is 4. The second-order valence-electron chi connectivity index (χ2n) is 5.48. The summed E-state index contributed by atoms with van der Waals surface area (Å²) in [5.41, 5.74) is -0.509. The number of carbonyl (C=O) groups excluding carboxylic acids is 2. The molecule has 1 atom stereocenters. The normalized spacial score (nSPS) is 19.6. The Hall–Kier alpha value is -2.54. The second kappa shape index (κ2) is 5.27. The van der Waals surface area contributed by atoms with Crippen LogP contribution in [-0.4, -0.2) is 27.2 Å². The van der Waals surface area contributed by atoms with Gasteiger partial charge in [-0.25, -0.2) is 0 Å². The van der Waals surface area contributed by atoms with Gasteiger partial charge in [-0.1, -0.05) is 11.6 Å². The molecule has 0 bridgehead atoms. The van der Waals surface area contributed by atoms with Crippen LogP contribution in [0.4, 0.5) is 11.5 Å². The third kappa shape index (κ3) is 2.63. The Morgan fingerprint density at radius 3 is 2.83 bits per heavy atom. The largest absolute Gasteiger partial charge is 0.466 e. The maximum absolute atomic E-state index is 12.6. The summed E-state index contributed by atoms with van der Waals surface area (Å²) >= 11 is 5.89. The first-order chi connectivity index (χ1) is 10.8. The fraction of sp³-hybridized carbons (Fsp3) is 0.267. The van der Waals surface area contributed by atoms with Crippen molar-refractivity contribution < 1.29 is 14.3 Å². The van der Waals surface area contributed by atoms with Gasteiger partial charge in [0, 0.05) is 18.1 Å². The summed E-state index contributed by atoms with van der Waals surface area (Å²) in [6.45, 7) is 3.22. The molecule has 0 saturated carbocycles. The summed E-state index contributed by atoms with van der Waals surface area (Å²) in [6, 6.07) is 6.50. The molecule has 2 aromatic rings. The highest BCUT2D eigenvalue weighted by Gasteiger charge is 2.47. The molecule has 3 rings (SSSR count). The first-order valence-corrected chi connectivity index (χ1v) is 7.29. The van der Waals surface area contributed by atoms with E-state index in [0.717, 1.165) is 5.69 Å². The zero-order chi connectivity index (χ0) is 16.8. The molecule has 0 spiro atoms. The number of benzene rings is 1. The fourth-order valence-corrected chi connectivity index (χ4v) is 2.48. The number of hydrogen-bond donors (Lipinski definition) is 2. The van der Waals surface area contributed by atoms with E-state index in [1.54, 1.807) is 38.2 Å². The van der Waals surface area contributed by atoms with E-state index in [9.17, 15) is 9.59 Å². The zero-order valence-corrected chi connectivity index (χ0v) is 13.6. The number of rotatable bonds is 2. The van der Waals surface area contributed by atoms with Crippen molar-refractivity contribution in [3.63, 3.8) is 0 Å². The first-order valence-electron chi connectivity index (χ1n) is 6.92. The van der Waals surface area contributed by atoms with Gasteiger partial charge in [0.25, 0.3) is 17.4 Å². The predicted octanol–water partition coefficient (Wildman–Crippen LogP) is 2.11. The van der Waals surface area contributed by atoms with Crippen molar-refractivity contribution in [2.45, 2.75) is 19.4 Å². The molecule has 2 N–H and O–H groups in total. The minimum absolute atomic E-state index is 0.382. The average molecular weight is 335 g/mol. The molecule has 120 valence electrons. The molecular formula is C15H15ClN4O3. The van der Waals surface area contributed by atoms with Gasteiger partial charge in [-0.05, 0) is 32.0 Å². The molecule has 1 aliphatic rings. The third-order valence-electron chi connectivity index (χ3n) is 3.61. The number of nitrogens with zero attached hydrogens (tertiary/aromatic N) is 2. The van der Waals surface area contributed by atoms with Gasteiger partial charge in [-0.3, -0.25) is 14.3 Å². The van der Waals surface area contributed by atoms with E-state index in [0.29, 0.717) is 22.3 Å². The highest BCUT2D eigenvalue weighted by atomic mass is 35.5. The van der Waals surface area contributed by atoms with E-state index in [1.807, 2.05) is 0 Å².